The number of carbonyl (C=O) groups excluding carboxylic acids is 3. The van der Waals surface area contributed by atoms with Crippen molar-refractivity contribution in [1.29, 1.82) is 0 Å². The van der Waals surface area contributed by atoms with Crippen molar-refractivity contribution in [3.05, 3.63) is 24.3 Å². The molecule has 1 aromatic carbocycles. The lowest BCUT2D eigenvalue weighted by molar-refractivity contribution is -0.131. The van der Waals surface area contributed by atoms with Gasteiger partial charge in [0.15, 0.2) is 0 Å². The van der Waals surface area contributed by atoms with Crippen molar-refractivity contribution in [1.82, 2.24) is 4.90 Å². The topological polar surface area (TPSA) is 60.9 Å². The van der Waals surface area contributed by atoms with Gasteiger partial charge in [-0.1, -0.05) is 6.92 Å². The molecule has 6 nitrogen and oxygen atoms in total. The Kier molecular flexibility index (Phi) is 5.81. The highest BCUT2D eigenvalue weighted by Crippen LogP contribution is 2.28. The summed E-state index contributed by atoms with van der Waals surface area (Å²) >= 11 is 5.53. The van der Waals surface area contributed by atoms with E-state index in [2.05, 4.69) is 4.90 Å². The lowest BCUT2D eigenvalue weighted by Gasteiger charge is -2.36. The largest absolute Gasteiger partial charge is 0.368 e. The fourth-order valence-electron chi connectivity index (χ4n) is 3.54. The van der Waals surface area contributed by atoms with Crippen LogP contribution in [0.15, 0.2) is 24.3 Å². The van der Waals surface area contributed by atoms with E-state index in [9.17, 15) is 14.4 Å². The van der Waals surface area contributed by atoms with Gasteiger partial charge in [0.1, 0.15) is 0 Å². The smallest absolute Gasteiger partial charge is 0.227 e. The predicted molar refractivity (Wildman–Crippen MR) is 101 cm³/mol. The summed E-state index contributed by atoms with van der Waals surface area (Å²) in [6, 6.07) is 7.79. The first-order valence-corrected chi connectivity index (χ1v) is 9.50. The second-order valence-electron chi connectivity index (χ2n) is 6.84. The van der Waals surface area contributed by atoms with Crippen molar-refractivity contribution < 1.29 is 14.4 Å². The molecule has 0 spiro atoms. The number of halogens is 1. The monoisotopic (exact) mass is 377 g/mol. The number of benzene rings is 1. The Morgan fingerprint density at radius 1 is 1.08 bits per heavy atom. The maximum absolute atomic E-state index is 12.1. The summed E-state index contributed by atoms with van der Waals surface area (Å²) in [6.45, 7) is 5.46. The summed E-state index contributed by atoms with van der Waals surface area (Å²) in [5.74, 6) is -0.254. The van der Waals surface area contributed by atoms with Gasteiger partial charge in [-0.2, -0.15) is 0 Å². The van der Waals surface area contributed by atoms with E-state index >= 15 is 0 Å². The summed E-state index contributed by atoms with van der Waals surface area (Å²) in [4.78, 5) is 41.2. The van der Waals surface area contributed by atoms with Gasteiger partial charge in [-0.25, -0.2) is 0 Å². The minimum absolute atomic E-state index is 0.0696. The standard InChI is InChI=1S/C19H24ClN3O3/c1-2-3-17(24)22-10-8-21(9-11-22)15-4-6-16(7-5-15)23-13-14(19(20)26)12-18(23)25/h4-7,14H,2-3,8-13H2,1H3/t14-/m1/s1. The summed E-state index contributed by atoms with van der Waals surface area (Å²) < 4.78 is 0. The lowest BCUT2D eigenvalue weighted by Crippen LogP contribution is -2.48. The minimum atomic E-state index is -0.451. The quantitative estimate of drug-likeness (QED) is 0.738. The number of rotatable bonds is 5. The van der Waals surface area contributed by atoms with Gasteiger partial charge in [-0.05, 0) is 42.3 Å². The molecular weight excluding hydrogens is 354 g/mol. The maximum atomic E-state index is 12.1. The zero-order valence-corrected chi connectivity index (χ0v) is 15.7. The van der Waals surface area contributed by atoms with E-state index in [-0.39, 0.29) is 18.2 Å². The van der Waals surface area contributed by atoms with Crippen molar-refractivity contribution in [2.45, 2.75) is 26.2 Å². The Hall–Kier alpha value is -2.08. The average Bonchev–Trinajstić information content (AvgIpc) is 3.04. The number of piperazine rings is 1. The van der Waals surface area contributed by atoms with Gasteiger partial charge in [-0.3, -0.25) is 14.4 Å². The number of amides is 2. The Balaban J connectivity index is 1.60. The molecule has 0 saturated carbocycles. The molecule has 0 radical (unpaired) electrons. The van der Waals surface area contributed by atoms with Crippen LogP contribution in [-0.4, -0.2) is 54.7 Å². The first-order valence-electron chi connectivity index (χ1n) is 9.12. The molecule has 2 saturated heterocycles. The molecular formula is C19H24ClN3O3. The Morgan fingerprint density at radius 2 is 1.69 bits per heavy atom. The molecule has 26 heavy (non-hydrogen) atoms. The van der Waals surface area contributed by atoms with Crippen LogP contribution in [0.25, 0.3) is 0 Å². The van der Waals surface area contributed by atoms with Gasteiger partial charge in [0.2, 0.25) is 17.1 Å². The van der Waals surface area contributed by atoms with Crippen LogP contribution >= 0.6 is 11.6 Å². The molecule has 2 fully saturated rings. The number of hydrogen-bond donors (Lipinski definition) is 0. The molecule has 2 aliphatic rings. The number of anilines is 2. The van der Waals surface area contributed by atoms with E-state index in [4.69, 9.17) is 11.6 Å². The number of hydrogen-bond acceptors (Lipinski definition) is 4. The van der Waals surface area contributed by atoms with Gasteiger partial charge in [0, 0.05) is 56.9 Å². The van der Waals surface area contributed by atoms with E-state index in [1.807, 2.05) is 36.1 Å². The van der Waals surface area contributed by atoms with E-state index in [1.165, 1.54) is 0 Å². The molecule has 2 aliphatic heterocycles. The zero-order valence-electron chi connectivity index (χ0n) is 15.0. The van der Waals surface area contributed by atoms with Crippen LogP contribution in [-0.2, 0) is 14.4 Å². The molecule has 0 unspecified atom stereocenters. The van der Waals surface area contributed by atoms with Crippen molar-refractivity contribution >= 4 is 40.0 Å². The third kappa shape index (κ3) is 4.01. The van der Waals surface area contributed by atoms with E-state index in [1.54, 1.807) is 4.90 Å². The second-order valence-corrected chi connectivity index (χ2v) is 7.22. The molecule has 0 aromatic heterocycles. The van der Waals surface area contributed by atoms with Crippen molar-refractivity contribution in [2.75, 3.05) is 42.5 Å². The van der Waals surface area contributed by atoms with Crippen molar-refractivity contribution in [3.63, 3.8) is 0 Å². The average molecular weight is 378 g/mol. The molecule has 2 amide bonds. The van der Waals surface area contributed by atoms with Crippen LogP contribution in [0.2, 0.25) is 0 Å². The summed E-state index contributed by atoms with van der Waals surface area (Å²) in [6.07, 6.45) is 1.67. The molecule has 1 aromatic rings. The van der Waals surface area contributed by atoms with Gasteiger partial charge in [0.05, 0.1) is 5.92 Å². The highest BCUT2D eigenvalue weighted by molar-refractivity contribution is 6.64. The van der Waals surface area contributed by atoms with Gasteiger partial charge < -0.3 is 14.7 Å². The predicted octanol–water partition coefficient (Wildman–Crippen LogP) is 2.25. The summed E-state index contributed by atoms with van der Waals surface area (Å²) in [7, 11) is 0. The van der Waals surface area contributed by atoms with Crippen LogP contribution < -0.4 is 9.80 Å². The molecule has 0 N–H and O–H groups in total. The van der Waals surface area contributed by atoms with Gasteiger partial charge in [-0.15, -0.1) is 0 Å². The first-order chi connectivity index (χ1) is 12.5. The molecule has 3 rings (SSSR count). The molecule has 2 heterocycles. The van der Waals surface area contributed by atoms with Crippen LogP contribution in [0.4, 0.5) is 11.4 Å². The fraction of sp³-hybridized carbons (Fsp3) is 0.526. The second kappa shape index (κ2) is 8.08. The highest BCUT2D eigenvalue weighted by Gasteiger charge is 2.34. The van der Waals surface area contributed by atoms with Crippen LogP contribution in [0.3, 0.4) is 0 Å². The number of nitrogens with zero attached hydrogens (tertiary/aromatic N) is 3. The SMILES string of the molecule is CCCC(=O)N1CCN(c2ccc(N3C[C@H](C(=O)Cl)CC3=O)cc2)CC1. The lowest BCUT2D eigenvalue weighted by atomic mass is 10.1. The van der Waals surface area contributed by atoms with Crippen molar-refractivity contribution in [3.8, 4) is 0 Å². The third-order valence-electron chi connectivity index (χ3n) is 5.07. The number of carbonyl (C=O) groups is 3. The van der Waals surface area contributed by atoms with Crippen LogP contribution in [0.5, 0.6) is 0 Å². The Bertz CT molecular complexity index is 684. The maximum Gasteiger partial charge on any atom is 0.227 e. The molecule has 7 heteroatoms. The van der Waals surface area contributed by atoms with Gasteiger partial charge >= 0.3 is 0 Å². The minimum Gasteiger partial charge on any atom is -0.368 e. The third-order valence-corrected chi connectivity index (χ3v) is 5.38. The fourth-order valence-corrected chi connectivity index (χ4v) is 3.68. The Labute approximate surface area is 158 Å². The zero-order chi connectivity index (χ0) is 18.7. The molecule has 1 atom stereocenters. The van der Waals surface area contributed by atoms with E-state index in [0.29, 0.717) is 13.0 Å². The van der Waals surface area contributed by atoms with Gasteiger partial charge in [0.25, 0.3) is 0 Å². The highest BCUT2D eigenvalue weighted by atomic mass is 35.5. The summed E-state index contributed by atoms with van der Waals surface area (Å²) in [5, 5.41) is -0.451. The molecule has 140 valence electrons. The normalized spacial score (nSPS) is 20.6. The van der Waals surface area contributed by atoms with Crippen LogP contribution in [0.1, 0.15) is 26.2 Å². The molecule has 0 bridgehead atoms. The van der Waals surface area contributed by atoms with Crippen LogP contribution in [0, 0.1) is 5.92 Å². The Morgan fingerprint density at radius 3 is 2.23 bits per heavy atom. The van der Waals surface area contributed by atoms with E-state index < -0.39 is 11.2 Å². The van der Waals surface area contributed by atoms with E-state index in [0.717, 1.165) is 44.0 Å². The van der Waals surface area contributed by atoms with Crippen molar-refractivity contribution in [2.24, 2.45) is 5.92 Å². The first kappa shape index (κ1) is 18.7. The summed E-state index contributed by atoms with van der Waals surface area (Å²) in [5.41, 5.74) is 1.86. The molecule has 0 aliphatic carbocycles.